The Morgan fingerprint density at radius 1 is 1.38 bits per heavy atom. The molecule has 13 heavy (non-hydrogen) atoms. The van der Waals surface area contributed by atoms with Crippen molar-refractivity contribution in [3.8, 4) is 0 Å². The third-order valence-corrected chi connectivity index (χ3v) is 2.91. The standard InChI is InChI=1S/C10H17NO2/c1-8(13)10-4-2-9(3-5-10)6-11-7-12/h7,9-10H,2-6H2,1H3,(H,11,12). The maximum absolute atomic E-state index is 11.0. The number of hydrogen-bond acceptors (Lipinski definition) is 2. The van der Waals surface area contributed by atoms with Gasteiger partial charge in [0.2, 0.25) is 6.41 Å². The number of carbonyl (C=O) groups is 2. The minimum absolute atomic E-state index is 0.285. The Kier molecular flexibility index (Phi) is 3.93. The molecule has 1 rings (SSSR count). The maximum atomic E-state index is 11.0. The first-order valence-corrected chi connectivity index (χ1v) is 4.91. The minimum atomic E-state index is 0.285. The molecule has 0 spiro atoms. The molecule has 0 unspecified atom stereocenters. The van der Waals surface area contributed by atoms with E-state index in [1.165, 1.54) is 0 Å². The Balaban J connectivity index is 2.22. The van der Waals surface area contributed by atoms with Crippen LogP contribution < -0.4 is 5.32 Å². The lowest BCUT2D eigenvalue weighted by Crippen LogP contribution is -2.27. The zero-order valence-corrected chi connectivity index (χ0v) is 8.08. The van der Waals surface area contributed by atoms with Crippen LogP contribution in [0, 0.1) is 11.8 Å². The third kappa shape index (κ3) is 3.17. The Bertz CT molecular complexity index is 183. The molecule has 0 saturated heterocycles. The van der Waals surface area contributed by atoms with E-state index in [0.717, 1.165) is 38.6 Å². The van der Waals surface area contributed by atoms with E-state index >= 15 is 0 Å². The van der Waals surface area contributed by atoms with Crippen molar-refractivity contribution in [1.29, 1.82) is 0 Å². The van der Waals surface area contributed by atoms with Crippen molar-refractivity contribution in [2.24, 2.45) is 11.8 Å². The summed E-state index contributed by atoms with van der Waals surface area (Å²) in [6, 6.07) is 0. The monoisotopic (exact) mass is 183 g/mol. The molecule has 3 nitrogen and oxygen atoms in total. The third-order valence-electron chi connectivity index (χ3n) is 2.91. The van der Waals surface area contributed by atoms with Crippen LogP contribution in [0.15, 0.2) is 0 Å². The summed E-state index contributed by atoms with van der Waals surface area (Å²) in [6.45, 7) is 2.45. The van der Waals surface area contributed by atoms with E-state index in [1.54, 1.807) is 6.92 Å². The summed E-state index contributed by atoms with van der Waals surface area (Å²) < 4.78 is 0. The number of ketones is 1. The Morgan fingerprint density at radius 2 is 2.00 bits per heavy atom. The van der Waals surface area contributed by atoms with Crippen LogP contribution in [-0.2, 0) is 9.59 Å². The van der Waals surface area contributed by atoms with E-state index in [9.17, 15) is 9.59 Å². The fraction of sp³-hybridized carbons (Fsp3) is 0.800. The van der Waals surface area contributed by atoms with Crippen LogP contribution in [0.3, 0.4) is 0 Å². The average Bonchev–Trinajstić information content (AvgIpc) is 2.15. The summed E-state index contributed by atoms with van der Waals surface area (Å²) in [5, 5.41) is 2.70. The first-order valence-electron chi connectivity index (χ1n) is 4.91. The van der Waals surface area contributed by atoms with Crippen molar-refractivity contribution in [2.45, 2.75) is 32.6 Å². The van der Waals surface area contributed by atoms with E-state index in [1.807, 2.05) is 0 Å². The van der Waals surface area contributed by atoms with E-state index in [-0.39, 0.29) is 5.92 Å². The van der Waals surface area contributed by atoms with E-state index in [0.29, 0.717) is 11.7 Å². The Morgan fingerprint density at radius 3 is 2.46 bits per heavy atom. The van der Waals surface area contributed by atoms with Crippen LogP contribution >= 0.6 is 0 Å². The van der Waals surface area contributed by atoms with Gasteiger partial charge in [-0.05, 0) is 38.5 Å². The van der Waals surface area contributed by atoms with Crippen molar-refractivity contribution in [1.82, 2.24) is 5.32 Å². The Labute approximate surface area is 78.9 Å². The molecule has 0 aromatic rings. The highest BCUT2D eigenvalue weighted by molar-refractivity contribution is 5.78. The summed E-state index contributed by atoms with van der Waals surface area (Å²) in [5.74, 6) is 1.19. The zero-order valence-electron chi connectivity index (χ0n) is 8.08. The minimum Gasteiger partial charge on any atom is -0.358 e. The highest BCUT2D eigenvalue weighted by Gasteiger charge is 2.23. The van der Waals surface area contributed by atoms with Crippen LogP contribution in [-0.4, -0.2) is 18.7 Å². The summed E-state index contributed by atoms with van der Waals surface area (Å²) in [7, 11) is 0. The number of nitrogens with one attached hydrogen (secondary N) is 1. The molecule has 0 heterocycles. The predicted octanol–water partition coefficient (Wildman–Crippen LogP) is 1.13. The lowest BCUT2D eigenvalue weighted by atomic mass is 9.80. The predicted molar refractivity (Wildman–Crippen MR) is 50.2 cm³/mol. The van der Waals surface area contributed by atoms with Gasteiger partial charge in [-0.1, -0.05) is 0 Å². The van der Waals surface area contributed by atoms with Gasteiger partial charge in [0.05, 0.1) is 0 Å². The van der Waals surface area contributed by atoms with Gasteiger partial charge < -0.3 is 5.32 Å². The van der Waals surface area contributed by atoms with Gasteiger partial charge in [-0.3, -0.25) is 9.59 Å². The summed E-state index contributed by atoms with van der Waals surface area (Å²) >= 11 is 0. The summed E-state index contributed by atoms with van der Waals surface area (Å²) in [5.41, 5.74) is 0. The first-order chi connectivity index (χ1) is 6.24. The molecule has 1 amide bonds. The molecular formula is C10H17NO2. The fourth-order valence-corrected chi connectivity index (χ4v) is 1.99. The van der Waals surface area contributed by atoms with Gasteiger partial charge in [0.25, 0.3) is 0 Å². The first kappa shape index (κ1) is 10.2. The van der Waals surface area contributed by atoms with Gasteiger partial charge in [0.1, 0.15) is 5.78 Å². The van der Waals surface area contributed by atoms with Gasteiger partial charge in [-0.2, -0.15) is 0 Å². The van der Waals surface area contributed by atoms with Crippen molar-refractivity contribution in [3.63, 3.8) is 0 Å². The van der Waals surface area contributed by atoms with Crippen LogP contribution in [0.5, 0.6) is 0 Å². The van der Waals surface area contributed by atoms with Crippen molar-refractivity contribution in [3.05, 3.63) is 0 Å². The average molecular weight is 183 g/mol. The molecule has 1 aliphatic carbocycles. The molecule has 1 fully saturated rings. The van der Waals surface area contributed by atoms with Gasteiger partial charge >= 0.3 is 0 Å². The zero-order chi connectivity index (χ0) is 9.68. The van der Waals surface area contributed by atoms with Crippen LogP contribution in [0.4, 0.5) is 0 Å². The lowest BCUT2D eigenvalue weighted by Gasteiger charge is -2.26. The molecule has 0 atom stereocenters. The maximum Gasteiger partial charge on any atom is 0.207 e. The second kappa shape index (κ2) is 5.00. The molecule has 1 N–H and O–H groups in total. The van der Waals surface area contributed by atoms with Gasteiger partial charge in [0.15, 0.2) is 0 Å². The molecule has 0 aromatic carbocycles. The highest BCUT2D eigenvalue weighted by Crippen LogP contribution is 2.28. The van der Waals surface area contributed by atoms with E-state index in [4.69, 9.17) is 0 Å². The molecule has 74 valence electrons. The molecule has 0 radical (unpaired) electrons. The number of Topliss-reactive ketones (excluding diaryl/α,β-unsaturated/α-hetero) is 1. The SMILES string of the molecule is CC(=O)C1CCC(CNC=O)CC1. The number of carbonyl (C=O) groups excluding carboxylic acids is 2. The smallest absolute Gasteiger partial charge is 0.207 e. The van der Waals surface area contributed by atoms with Gasteiger partial charge in [-0.25, -0.2) is 0 Å². The highest BCUT2D eigenvalue weighted by atomic mass is 16.1. The van der Waals surface area contributed by atoms with Gasteiger partial charge in [-0.15, -0.1) is 0 Å². The van der Waals surface area contributed by atoms with Crippen molar-refractivity contribution < 1.29 is 9.59 Å². The topological polar surface area (TPSA) is 46.2 Å². The van der Waals surface area contributed by atoms with Crippen molar-refractivity contribution in [2.75, 3.05) is 6.54 Å². The number of rotatable bonds is 4. The Hall–Kier alpha value is -0.860. The molecule has 1 saturated carbocycles. The quantitative estimate of drug-likeness (QED) is 0.664. The van der Waals surface area contributed by atoms with Crippen LogP contribution in [0.25, 0.3) is 0 Å². The normalized spacial score (nSPS) is 28.1. The number of hydrogen-bond donors (Lipinski definition) is 1. The molecule has 0 aromatic heterocycles. The van der Waals surface area contributed by atoms with Crippen LogP contribution in [0.2, 0.25) is 0 Å². The molecule has 0 aliphatic heterocycles. The molecule has 0 bridgehead atoms. The second-order valence-electron chi connectivity index (χ2n) is 3.85. The van der Waals surface area contributed by atoms with Crippen LogP contribution in [0.1, 0.15) is 32.6 Å². The molecule has 1 aliphatic rings. The lowest BCUT2D eigenvalue weighted by molar-refractivity contribution is -0.122. The summed E-state index contributed by atoms with van der Waals surface area (Å²) in [6.07, 6.45) is 4.90. The van der Waals surface area contributed by atoms with Crippen molar-refractivity contribution >= 4 is 12.2 Å². The molecule has 3 heteroatoms. The fourth-order valence-electron chi connectivity index (χ4n) is 1.99. The number of amides is 1. The van der Waals surface area contributed by atoms with E-state index in [2.05, 4.69) is 5.32 Å². The second-order valence-corrected chi connectivity index (χ2v) is 3.85. The molecular weight excluding hydrogens is 166 g/mol. The summed E-state index contributed by atoms with van der Waals surface area (Å²) in [4.78, 5) is 21.1. The van der Waals surface area contributed by atoms with E-state index < -0.39 is 0 Å². The van der Waals surface area contributed by atoms with Gasteiger partial charge in [0, 0.05) is 12.5 Å². The largest absolute Gasteiger partial charge is 0.358 e.